The lowest BCUT2D eigenvalue weighted by Crippen LogP contribution is -2.27. The molecule has 1 aromatic heterocycles. The van der Waals surface area contributed by atoms with Gasteiger partial charge in [-0.25, -0.2) is 18.5 Å². The van der Waals surface area contributed by atoms with Gasteiger partial charge in [0.05, 0.1) is 19.1 Å². The van der Waals surface area contributed by atoms with Gasteiger partial charge < -0.3 is 9.64 Å². The first-order valence-electron chi connectivity index (χ1n) is 6.12. The zero-order chi connectivity index (χ0) is 14.9. The first-order chi connectivity index (χ1) is 9.30. The lowest BCUT2D eigenvalue weighted by atomic mass is 10.0. The molecule has 20 heavy (non-hydrogen) atoms. The van der Waals surface area contributed by atoms with Crippen LogP contribution in [0.5, 0.6) is 6.01 Å². The second kappa shape index (κ2) is 5.71. The number of ether oxygens (including phenoxy) is 1. The van der Waals surface area contributed by atoms with Gasteiger partial charge in [0.2, 0.25) is 10.0 Å². The molecule has 1 aliphatic rings. The summed E-state index contributed by atoms with van der Waals surface area (Å²) in [5.41, 5.74) is 0. The van der Waals surface area contributed by atoms with Crippen LogP contribution < -0.4 is 14.8 Å². The third-order valence-corrected chi connectivity index (χ3v) is 4.56. The van der Waals surface area contributed by atoms with Crippen molar-refractivity contribution in [1.29, 1.82) is 0 Å². The van der Waals surface area contributed by atoms with E-state index in [1.165, 1.54) is 13.3 Å². The van der Waals surface area contributed by atoms with Crippen LogP contribution in [0.25, 0.3) is 0 Å². The van der Waals surface area contributed by atoms with Crippen molar-refractivity contribution in [2.75, 3.05) is 30.9 Å². The normalized spacial score (nSPS) is 23.1. The third kappa shape index (κ3) is 3.50. The maximum atomic E-state index is 11.2. The van der Waals surface area contributed by atoms with Crippen molar-refractivity contribution in [2.45, 2.75) is 6.92 Å². The summed E-state index contributed by atoms with van der Waals surface area (Å²) in [5, 5.41) is 5.53. The molecule has 1 saturated heterocycles. The second-order valence-electron chi connectivity index (χ2n) is 5.00. The van der Waals surface area contributed by atoms with E-state index < -0.39 is 10.0 Å². The Balaban J connectivity index is 2.19. The molecule has 0 bridgehead atoms. The number of aromatic nitrogens is 2. The van der Waals surface area contributed by atoms with Crippen LogP contribution in [0.1, 0.15) is 6.92 Å². The van der Waals surface area contributed by atoms with Gasteiger partial charge in [-0.05, 0) is 11.8 Å². The molecule has 1 aromatic rings. The highest BCUT2D eigenvalue weighted by atomic mass is 35.5. The molecule has 1 aliphatic heterocycles. The smallest absolute Gasteiger partial charge is 0.318 e. The molecular weight excluding hydrogens is 304 g/mol. The fraction of sp³-hybridized carbons (Fsp3) is 0.636. The van der Waals surface area contributed by atoms with Crippen molar-refractivity contribution < 1.29 is 13.2 Å². The zero-order valence-electron chi connectivity index (χ0n) is 11.3. The molecule has 9 heteroatoms. The number of rotatable bonds is 4. The third-order valence-electron chi connectivity index (χ3n) is 3.40. The van der Waals surface area contributed by atoms with Crippen molar-refractivity contribution in [3.63, 3.8) is 0 Å². The summed E-state index contributed by atoms with van der Waals surface area (Å²) in [6, 6.07) is 0.229. The van der Waals surface area contributed by atoms with Crippen LogP contribution in [0.2, 0.25) is 5.02 Å². The average molecular weight is 321 g/mol. The molecule has 2 heterocycles. The van der Waals surface area contributed by atoms with Gasteiger partial charge in [0.25, 0.3) is 0 Å². The highest BCUT2D eigenvalue weighted by Gasteiger charge is 2.33. The Kier molecular flexibility index (Phi) is 4.36. The zero-order valence-corrected chi connectivity index (χ0v) is 12.9. The van der Waals surface area contributed by atoms with E-state index in [4.69, 9.17) is 21.5 Å². The molecule has 0 aromatic carbocycles. The monoisotopic (exact) mass is 320 g/mol. The van der Waals surface area contributed by atoms with Gasteiger partial charge in [-0.2, -0.15) is 4.98 Å². The van der Waals surface area contributed by atoms with E-state index in [1.807, 2.05) is 11.8 Å². The van der Waals surface area contributed by atoms with E-state index in [0.29, 0.717) is 23.9 Å². The molecule has 112 valence electrons. The Hall–Kier alpha value is -1.12. The summed E-state index contributed by atoms with van der Waals surface area (Å²) in [6.07, 6.45) is 1.47. The van der Waals surface area contributed by atoms with Gasteiger partial charge >= 0.3 is 6.01 Å². The van der Waals surface area contributed by atoms with Crippen LogP contribution in [-0.4, -0.2) is 44.3 Å². The van der Waals surface area contributed by atoms with Crippen LogP contribution >= 0.6 is 11.6 Å². The minimum absolute atomic E-state index is 0.0372. The molecule has 0 unspecified atom stereocenters. The minimum atomic E-state index is -3.49. The largest absolute Gasteiger partial charge is 0.467 e. The summed E-state index contributed by atoms with van der Waals surface area (Å²) < 4.78 is 27.4. The molecule has 0 amide bonds. The Bertz CT molecular complexity index is 595. The molecule has 2 atom stereocenters. The van der Waals surface area contributed by atoms with E-state index in [-0.39, 0.29) is 23.6 Å². The summed E-state index contributed by atoms with van der Waals surface area (Å²) in [5.74, 6) is 0.666. The van der Waals surface area contributed by atoms with E-state index in [1.54, 1.807) is 0 Å². The fourth-order valence-electron chi connectivity index (χ4n) is 2.39. The van der Waals surface area contributed by atoms with Crippen LogP contribution in [0.4, 0.5) is 5.82 Å². The standard InChI is InChI=1S/C11H17ClN4O3S/c1-7-4-16(5-8(7)6-20(13,17)18)10-9(12)3-14-11(15-10)19-2/h3,7-8H,4-6H2,1-2H3,(H2,13,17,18)/t7-,8+/m0/s1. The van der Waals surface area contributed by atoms with Crippen molar-refractivity contribution in [3.8, 4) is 6.01 Å². The number of primary sulfonamides is 1. The molecule has 0 radical (unpaired) electrons. The van der Waals surface area contributed by atoms with Crippen molar-refractivity contribution in [3.05, 3.63) is 11.2 Å². The topological polar surface area (TPSA) is 98.4 Å². The molecule has 2 N–H and O–H groups in total. The highest BCUT2D eigenvalue weighted by Crippen LogP contribution is 2.32. The summed E-state index contributed by atoms with van der Waals surface area (Å²) >= 11 is 6.10. The number of sulfonamides is 1. The predicted octanol–water partition coefficient (Wildman–Crippen LogP) is 0.499. The average Bonchev–Trinajstić information content (AvgIpc) is 2.69. The number of hydrogen-bond donors (Lipinski definition) is 1. The summed E-state index contributed by atoms with van der Waals surface area (Å²) in [4.78, 5) is 10.1. The number of nitrogens with zero attached hydrogens (tertiary/aromatic N) is 3. The first-order valence-corrected chi connectivity index (χ1v) is 8.21. The van der Waals surface area contributed by atoms with Gasteiger partial charge in [0, 0.05) is 13.1 Å². The number of halogens is 1. The fourth-order valence-corrected chi connectivity index (χ4v) is 3.63. The Morgan fingerprint density at radius 2 is 2.25 bits per heavy atom. The number of methoxy groups -OCH3 is 1. The highest BCUT2D eigenvalue weighted by molar-refractivity contribution is 7.89. The van der Waals surface area contributed by atoms with E-state index >= 15 is 0 Å². The second-order valence-corrected chi connectivity index (χ2v) is 7.07. The van der Waals surface area contributed by atoms with Gasteiger partial charge in [-0.15, -0.1) is 0 Å². The van der Waals surface area contributed by atoms with Crippen molar-refractivity contribution in [2.24, 2.45) is 17.0 Å². The number of anilines is 1. The first kappa shape index (κ1) is 15.3. The lowest BCUT2D eigenvalue weighted by molar-refractivity contribution is 0.380. The Morgan fingerprint density at radius 1 is 1.55 bits per heavy atom. The maximum absolute atomic E-state index is 11.2. The Morgan fingerprint density at radius 3 is 2.85 bits per heavy atom. The number of nitrogens with two attached hydrogens (primary N) is 1. The SMILES string of the molecule is COc1ncc(Cl)c(N2C[C@H](CS(N)(=O)=O)[C@@H](C)C2)n1. The van der Waals surface area contributed by atoms with Gasteiger partial charge in [0.1, 0.15) is 5.02 Å². The van der Waals surface area contributed by atoms with Gasteiger partial charge in [-0.3, -0.25) is 0 Å². The van der Waals surface area contributed by atoms with Crippen molar-refractivity contribution >= 4 is 27.4 Å². The maximum Gasteiger partial charge on any atom is 0.318 e. The minimum Gasteiger partial charge on any atom is -0.467 e. The molecule has 1 fully saturated rings. The van der Waals surface area contributed by atoms with E-state index in [0.717, 1.165) is 0 Å². The quantitative estimate of drug-likeness (QED) is 0.867. The van der Waals surface area contributed by atoms with E-state index in [2.05, 4.69) is 9.97 Å². The summed E-state index contributed by atoms with van der Waals surface area (Å²) in [6.45, 7) is 3.19. The molecule has 2 rings (SSSR count). The van der Waals surface area contributed by atoms with Crippen LogP contribution in [0.15, 0.2) is 6.20 Å². The molecule has 0 saturated carbocycles. The van der Waals surface area contributed by atoms with Crippen LogP contribution in [0.3, 0.4) is 0 Å². The van der Waals surface area contributed by atoms with E-state index in [9.17, 15) is 8.42 Å². The Labute approximate surface area is 123 Å². The van der Waals surface area contributed by atoms with Gasteiger partial charge in [0.15, 0.2) is 5.82 Å². The molecule has 0 spiro atoms. The lowest BCUT2D eigenvalue weighted by Gasteiger charge is -2.18. The van der Waals surface area contributed by atoms with Crippen molar-refractivity contribution in [1.82, 2.24) is 9.97 Å². The molecular formula is C11H17ClN4O3S. The number of hydrogen-bond acceptors (Lipinski definition) is 6. The molecule has 7 nitrogen and oxygen atoms in total. The van der Waals surface area contributed by atoms with Crippen LogP contribution in [-0.2, 0) is 10.0 Å². The van der Waals surface area contributed by atoms with Crippen LogP contribution in [0, 0.1) is 11.8 Å². The van der Waals surface area contributed by atoms with Gasteiger partial charge in [-0.1, -0.05) is 18.5 Å². The molecule has 0 aliphatic carbocycles. The summed E-state index contributed by atoms with van der Waals surface area (Å²) in [7, 11) is -2.01. The predicted molar refractivity (Wildman–Crippen MR) is 76.4 cm³/mol.